The summed E-state index contributed by atoms with van der Waals surface area (Å²) < 4.78 is 10.6. The van der Waals surface area contributed by atoms with E-state index in [1.54, 1.807) is 13.8 Å². The van der Waals surface area contributed by atoms with Gasteiger partial charge >= 0.3 is 0 Å². The highest BCUT2D eigenvalue weighted by atomic mass is 16.5. The van der Waals surface area contributed by atoms with Gasteiger partial charge in [-0.15, -0.1) is 0 Å². The molecule has 1 rings (SSSR count). The number of amides is 1. The van der Waals surface area contributed by atoms with E-state index in [2.05, 4.69) is 5.32 Å². The molecule has 0 saturated heterocycles. The summed E-state index contributed by atoms with van der Waals surface area (Å²) in [6.45, 7) is 9.20. The van der Waals surface area contributed by atoms with Crippen LogP contribution in [0, 0.1) is 13.8 Å². The fourth-order valence-corrected chi connectivity index (χ4v) is 1.62. The molecule has 0 saturated carbocycles. The summed E-state index contributed by atoms with van der Waals surface area (Å²) in [5.74, 6) is 1.56. The van der Waals surface area contributed by atoms with Gasteiger partial charge in [-0.25, -0.2) is 0 Å². The first-order valence-electron chi connectivity index (χ1n) is 5.71. The summed E-state index contributed by atoms with van der Waals surface area (Å²) in [7, 11) is 1.53. The van der Waals surface area contributed by atoms with Gasteiger partial charge in [-0.3, -0.25) is 4.79 Å². The van der Waals surface area contributed by atoms with Crippen LogP contribution in [-0.2, 0) is 9.53 Å². The molecule has 1 atom stereocenters. The van der Waals surface area contributed by atoms with Gasteiger partial charge < -0.3 is 14.5 Å². The van der Waals surface area contributed by atoms with Gasteiger partial charge in [0.05, 0.1) is 6.04 Å². The van der Waals surface area contributed by atoms with E-state index in [1.165, 1.54) is 7.11 Å². The fraction of sp³-hybridized carbons (Fsp3) is 0.615. The third-order valence-electron chi connectivity index (χ3n) is 2.95. The number of methoxy groups -OCH3 is 1. The van der Waals surface area contributed by atoms with Crippen molar-refractivity contribution in [2.75, 3.05) is 7.11 Å². The van der Waals surface area contributed by atoms with E-state index in [9.17, 15) is 4.79 Å². The van der Waals surface area contributed by atoms with Gasteiger partial charge in [0.25, 0.3) is 5.91 Å². The van der Waals surface area contributed by atoms with Crippen LogP contribution in [-0.4, -0.2) is 18.6 Å². The molecule has 0 aliphatic heterocycles. The number of hydrogen-bond donors (Lipinski definition) is 1. The van der Waals surface area contributed by atoms with Gasteiger partial charge in [-0.05, 0) is 40.7 Å². The first-order valence-corrected chi connectivity index (χ1v) is 5.71. The normalized spacial score (nSPS) is 13.5. The second-order valence-corrected chi connectivity index (χ2v) is 4.78. The summed E-state index contributed by atoms with van der Waals surface area (Å²) in [5, 5.41) is 2.92. The van der Waals surface area contributed by atoms with E-state index in [4.69, 9.17) is 9.15 Å². The molecular formula is C13H21NO3. The summed E-state index contributed by atoms with van der Waals surface area (Å²) in [5.41, 5.74) is 0.184. The van der Waals surface area contributed by atoms with Crippen molar-refractivity contribution in [1.82, 2.24) is 5.32 Å². The summed E-state index contributed by atoms with van der Waals surface area (Å²) >= 11 is 0. The quantitative estimate of drug-likeness (QED) is 0.878. The van der Waals surface area contributed by atoms with Crippen molar-refractivity contribution in [3.63, 3.8) is 0 Å². The molecule has 0 bridgehead atoms. The van der Waals surface area contributed by atoms with Crippen LogP contribution in [0.3, 0.4) is 0 Å². The van der Waals surface area contributed by atoms with Crippen LogP contribution >= 0.6 is 0 Å². The van der Waals surface area contributed by atoms with E-state index in [1.807, 2.05) is 26.8 Å². The average Bonchev–Trinajstić information content (AvgIpc) is 2.57. The monoisotopic (exact) mass is 239 g/mol. The smallest absolute Gasteiger partial charge is 0.252 e. The van der Waals surface area contributed by atoms with Crippen molar-refractivity contribution in [3.05, 3.63) is 23.2 Å². The van der Waals surface area contributed by atoms with E-state index in [0.29, 0.717) is 0 Å². The third kappa shape index (κ3) is 3.09. The minimum Gasteiger partial charge on any atom is -0.466 e. The molecule has 0 aliphatic rings. The Labute approximate surface area is 102 Å². The van der Waals surface area contributed by atoms with Gasteiger partial charge in [0, 0.05) is 12.7 Å². The average molecular weight is 239 g/mol. The first-order chi connectivity index (χ1) is 7.77. The molecular weight excluding hydrogens is 218 g/mol. The minimum absolute atomic E-state index is 0.0885. The van der Waals surface area contributed by atoms with Crippen molar-refractivity contribution in [2.45, 2.75) is 46.3 Å². The standard InChI is InChI=1S/C13H21NO3/c1-8-7-11(10(3)17-8)9(2)14-12(15)13(4,5)16-6/h7,9H,1-6H3,(H,14,15). The van der Waals surface area contributed by atoms with E-state index in [0.717, 1.165) is 17.1 Å². The molecule has 17 heavy (non-hydrogen) atoms. The van der Waals surface area contributed by atoms with Crippen molar-refractivity contribution in [1.29, 1.82) is 0 Å². The zero-order chi connectivity index (χ0) is 13.2. The maximum Gasteiger partial charge on any atom is 0.252 e. The van der Waals surface area contributed by atoms with Crippen LogP contribution < -0.4 is 5.32 Å². The predicted octanol–water partition coefficient (Wildman–Crippen LogP) is 2.50. The highest BCUT2D eigenvalue weighted by Gasteiger charge is 2.28. The summed E-state index contributed by atoms with van der Waals surface area (Å²) in [4.78, 5) is 11.9. The Hall–Kier alpha value is -1.29. The largest absolute Gasteiger partial charge is 0.466 e. The molecule has 1 aromatic rings. The molecule has 0 aromatic carbocycles. The molecule has 0 radical (unpaired) electrons. The number of aryl methyl sites for hydroxylation is 2. The lowest BCUT2D eigenvalue weighted by molar-refractivity contribution is -0.140. The number of carbonyl (C=O) groups excluding carboxylic acids is 1. The molecule has 0 fully saturated rings. The zero-order valence-corrected chi connectivity index (χ0v) is 11.4. The first kappa shape index (κ1) is 13.8. The minimum atomic E-state index is -0.819. The number of carbonyl (C=O) groups is 1. The van der Waals surface area contributed by atoms with E-state index >= 15 is 0 Å². The van der Waals surface area contributed by atoms with Crippen LogP contribution in [0.2, 0.25) is 0 Å². The Morgan fingerprint density at radius 1 is 1.47 bits per heavy atom. The van der Waals surface area contributed by atoms with Crippen molar-refractivity contribution >= 4 is 5.91 Å². The van der Waals surface area contributed by atoms with Gasteiger partial charge in [0.15, 0.2) is 0 Å². The molecule has 1 amide bonds. The van der Waals surface area contributed by atoms with Gasteiger partial charge in [0.1, 0.15) is 17.1 Å². The Kier molecular flexibility index (Phi) is 3.98. The van der Waals surface area contributed by atoms with Crippen molar-refractivity contribution in [3.8, 4) is 0 Å². The Morgan fingerprint density at radius 3 is 2.47 bits per heavy atom. The SMILES string of the molecule is COC(C)(C)C(=O)NC(C)c1cc(C)oc1C. The van der Waals surface area contributed by atoms with E-state index in [-0.39, 0.29) is 11.9 Å². The summed E-state index contributed by atoms with van der Waals surface area (Å²) in [6.07, 6.45) is 0. The van der Waals surface area contributed by atoms with Crippen LogP contribution in [0.5, 0.6) is 0 Å². The van der Waals surface area contributed by atoms with E-state index < -0.39 is 5.60 Å². The van der Waals surface area contributed by atoms with Gasteiger partial charge in [0.2, 0.25) is 0 Å². The van der Waals surface area contributed by atoms with Crippen LogP contribution in [0.25, 0.3) is 0 Å². The van der Waals surface area contributed by atoms with Gasteiger partial charge in [-0.2, -0.15) is 0 Å². The second-order valence-electron chi connectivity index (χ2n) is 4.78. The Balaban J connectivity index is 2.77. The molecule has 1 N–H and O–H groups in total. The number of nitrogens with one attached hydrogen (secondary N) is 1. The van der Waals surface area contributed by atoms with Crippen LogP contribution in [0.1, 0.15) is 43.9 Å². The maximum absolute atomic E-state index is 11.9. The Bertz CT molecular complexity index is 407. The molecule has 0 aliphatic carbocycles. The molecule has 1 aromatic heterocycles. The number of rotatable bonds is 4. The predicted molar refractivity (Wildman–Crippen MR) is 65.8 cm³/mol. The third-order valence-corrected chi connectivity index (χ3v) is 2.95. The number of ether oxygens (including phenoxy) is 1. The molecule has 1 heterocycles. The zero-order valence-electron chi connectivity index (χ0n) is 11.4. The lowest BCUT2D eigenvalue weighted by Crippen LogP contribution is -2.44. The maximum atomic E-state index is 11.9. The fourth-order valence-electron chi connectivity index (χ4n) is 1.62. The lowest BCUT2D eigenvalue weighted by atomic mass is 10.1. The molecule has 1 unspecified atom stereocenters. The summed E-state index contributed by atoms with van der Waals surface area (Å²) in [6, 6.07) is 1.86. The lowest BCUT2D eigenvalue weighted by Gasteiger charge is -2.24. The number of furan rings is 1. The molecule has 4 nitrogen and oxygen atoms in total. The highest BCUT2D eigenvalue weighted by molar-refractivity contribution is 5.84. The molecule has 96 valence electrons. The van der Waals surface area contributed by atoms with Crippen molar-refractivity contribution < 1.29 is 13.9 Å². The molecule has 0 spiro atoms. The van der Waals surface area contributed by atoms with Crippen LogP contribution in [0.4, 0.5) is 0 Å². The number of hydrogen-bond acceptors (Lipinski definition) is 3. The second kappa shape index (κ2) is 4.92. The highest BCUT2D eigenvalue weighted by Crippen LogP contribution is 2.22. The van der Waals surface area contributed by atoms with Crippen LogP contribution in [0.15, 0.2) is 10.5 Å². The molecule has 4 heteroatoms. The van der Waals surface area contributed by atoms with Gasteiger partial charge in [-0.1, -0.05) is 0 Å². The Morgan fingerprint density at radius 2 is 2.06 bits per heavy atom. The van der Waals surface area contributed by atoms with Crippen molar-refractivity contribution in [2.24, 2.45) is 0 Å². The topological polar surface area (TPSA) is 51.5 Å².